The molecule has 1 aliphatic rings. The van der Waals surface area contributed by atoms with E-state index in [1.165, 1.54) is 11.8 Å². The zero-order chi connectivity index (χ0) is 21.6. The number of furan rings is 1. The van der Waals surface area contributed by atoms with Gasteiger partial charge >= 0.3 is 0 Å². The van der Waals surface area contributed by atoms with Gasteiger partial charge in [-0.05, 0) is 47.9 Å². The van der Waals surface area contributed by atoms with Crippen LogP contribution in [0, 0.1) is 0 Å². The normalized spacial score (nSPS) is 13.8. The number of nitrogens with zero attached hydrogens (tertiary/aromatic N) is 2. The zero-order valence-corrected chi connectivity index (χ0v) is 17.7. The Kier molecular flexibility index (Phi) is 6.36. The number of carbonyl (C=O) groups excluding carboxylic acids is 2. The molecule has 1 N–H and O–H groups in total. The molecule has 4 rings (SSSR count). The van der Waals surface area contributed by atoms with Crippen LogP contribution in [0.15, 0.2) is 71.3 Å². The summed E-state index contributed by atoms with van der Waals surface area (Å²) in [7, 11) is 0. The molecule has 0 saturated carbocycles. The molecule has 0 aliphatic carbocycles. The van der Waals surface area contributed by atoms with E-state index in [9.17, 15) is 9.59 Å². The summed E-state index contributed by atoms with van der Waals surface area (Å²) in [5.41, 5.74) is 4.13. The van der Waals surface area contributed by atoms with Gasteiger partial charge in [-0.3, -0.25) is 9.59 Å². The summed E-state index contributed by atoms with van der Waals surface area (Å²) < 4.78 is 5.20. The Labute approximate surface area is 182 Å². The monoisotopic (exact) mass is 417 g/mol. The topological polar surface area (TPSA) is 65.8 Å². The second-order valence-corrected chi connectivity index (χ2v) is 7.63. The average Bonchev–Trinajstić information content (AvgIpc) is 3.37. The highest BCUT2D eigenvalue weighted by Crippen LogP contribution is 2.18. The van der Waals surface area contributed by atoms with Gasteiger partial charge in [0.15, 0.2) is 5.76 Å². The fraction of sp³-hybridized carbons (Fsp3) is 0.280. The molecule has 1 aromatic heterocycles. The average molecular weight is 418 g/mol. The molecule has 0 atom stereocenters. The first-order chi connectivity index (χ1) is 15.2. The van der Waals surface area contributed by atoms with Gasteiger partial charge in [0.2, 0.25) is 0 Å². The lowest BCUT2D eigenvalue weighted by atomic mass is 10.1. The van der Waals surface area contributed by atoms with Crippen LogP contribution in [0.25, 0.3) is 0 Å². The summed E-state index contributed by atoms with van der Waals surface area (Å²) in [5, 5.41) is 3.48. The van der Waals surface area contributed by atoms with Gasteiger partial charge in [0, 0.05) is 44.0 Å². The summed E-state index contributed by atoms with van der Waals surface area (Å²) >= 11 is 0. The van der Waals surface area contributed by atoms with Crippen molar-refractivity contribution in [3.8, 4) is 0 Å². The number of amides is 2. The molecule has 0 bridgehead atoms. The van der Waals surface area contributed by atoms with E-state index in [1.54, 1.807) is 17.0 Å². The second-order valence-electron chi connectivity index (χ2n) is 7.63. The lowest BCUT2D eigenvalue weighted by Gasteiger charge is -2.34. The highest BCUT2D eigenvalue weighted by atomic mass is 16.3. The van der Waals surface area contributed by atoms with Crippen LogP contribution >= 0.6 is 0 Å². The van der Waals surface area contributed by atoms with Gasteiger partial charge in [0.05, 0.1) is 6.26 Å². The molecular formula is C25H27N3O3. The van der Waals surface area contributed by atoms with Crippen LogP contribution < -0.4 is 5.32 Å². The van der Waals surface area contributed by atoms with Crippen LogP contribution in [0.4, 0.5) is 5.69 Å². The van der Waals surface area contributed by atoms with Crippen LogP contribution in [0.5, 0.6) is 0 Å². The van der Waals surface area contributed by atoms with E-state index >= 15 is 0 Å². The molecule has 0 spiro atoms. The van der Waals surface area contributed by atoms with E-state index in [2.05, 4.69) is 24.4 Å². The first-order valence-electron chi connectivity index (χ1n) is 10.7. The van der Waals surface area contributed by atoms with Crippen LogP contribution in [0.1, 0.15) is 39.0 Å². The van der Waals surface area contributed by atoms with Crippen molar-refractivity contribution in [2.24, 2.45) is 0 Å². The first kappa shape index (κ1) is 20.7. The van der Waals surface area contributed by atoms with E-state index in [4.69, 9.17) is 4.42 Å². The molecule has 0 unspecified atom stereocenters. The van der Waals surface area contributed by atoms with E-state index in [1.807, 2.05) is 41.3 Å². The molecule has 6 heteroatoms. The van der Waals surface area contributed by atoms with Crippen molar-refractivity contribution in [3.63, 3.8) is 0 Å². The van der Waals surface area contributed by atoms with Crippen molar-refractivity contribution >= 4 is 17.5 Å². The number of piperazine rings is 1. The van der Waals surface area contributed by atoms with Crippen molar-refractivity contribution in [2.75, 3.05) is 31.5 Å². The Morgan fingerprint density at radius 2 is 1.65 bits per heavy atom. The van der Waals surface area contributed by atoms with Gasteiger partial charge in [-0.2, -0.15) is 0 Å². The third kappa shape index (κ3) is 4.79. The molecule has 6 nitrogen and oxygen atoms in total. The summed E-state index contributed by atoms with van der Waals surface area (Å²) in [6.45, 7) is 4.82. The fourth-order valence-electron chi connectivity index (χ4n) is 3.86. The van der Waals surface area contributed by atoms with E-state index in [0.29, 0.717) is 44.0 Å². The molecule has 1 fully saturated rings. The van der Waals surface area contributed by atoms with Crippen LogP contribution in [0.2, 0.25) is 0 Å². The largest absolute Gasteiger partial charge is 0.459 e. The minimum Gasteiger partial charge on any atom is -0.459 e. The van der Waals surface area contributed by atoms with E-state index in [0.717, 1.165) is 17.7 Å². The van der Waals surface area contributed by atoms with E-state index in [-0.39, 0.29) is 11.8 Å². The molecule has 2 amide bonds. The standard InChI is InChI=1S/C25H27N3O3/c1-2-20-8-3-4-10-22(20)26-18-19-7-5-9-21(17-19)24(29)27-12-14-28(15-13-27)25(30)23-11-6-16-31-23/h3-11,16-17,26H,2,12-15,18H2,1H3. The second kappa shape index (κ2) is 9.51. The SMILES string of the molecule is CCc1ccccc1NCc1cccc(C(=O)N2CCN(C(=O)c3ccco3)CC2)c1. The number of carbonyl (C=O) groups is 2. The molecule has 1 saturated heterocycles. The Morgan fingerprint density at radius 1 is 0.903 bits per heavy atom. The molecular weight excluding hydrogens is 390 g/mol. The van der Waals surface area contributed by atoms with Crippen LogP contribution in [-0.2, 0) is 13.0 Å². The number of benzene rings is 2. The van der Waals surface area contributed by atoms with Gasteiger partial charge in [0.1, 0.15) is 0 Å². The zero-order valence-electron chi connectivity index (χ0n) is 17.7. The summed E-state index contributed by atoms with van der Waals surface area (Å²) in [6, 6.07) is 19.4. The molecule has 0 radical (unpaired) electrons. The van der Waals surface area contributed by atoms with Crippen molar-refractivity contribution < 1.29 is 14.0 Å². The Balaban J connectivity index is 1.36. The number of nitrogens with one attached hydrogen (secondary N) is 1. The van der Waals surface area contributed by atoms with Gasteiger partial charge in [-0.25, -0.2) is 0 Å². The maximum Gasteiger partial charge on any atom is 0.289 e. The Hall–Kier alpha value is -3.54. The fourth-order valence-corrected chi connectivity index (χ4v) is 3.86. The molecule has 2 aromatic carbocycles. The van der Waals surface area contributed by atoms with E-state index < -0.39 is 0 Å². The number of aryl methyl sites for hydroxylation is 1. The summed E-state index contributed by atoms with van der Waals surface area (Å²) in [4.78, 5) is 29.0. The maximum atomic E-state index is 13.0. The third-order valence-electron chi connectivity index (χ3n) is 5.64. The Morgan fingerprint density at radius 3 is 2.35 bits per heavy atom. The number of para-hydroxylation sites is 1. The number of hydrogen-bond acceptors (Lipinski definition) is 4. The number of anilines is 1. The van der Waals surface area contributed by atoms with Gasteiger partial charge < -0.3 is 19.5 Å². The first-order valence-corrected chi connectivity index (χ1v) is 10.7. The van der Waals surface area contributed by atoms with Crippen molar-refractivity contribution in [2.45, 2.75) is 19.9 Å². The van der Waals surface area contributed by atoms with Crippen molar-refractivity contribution in [3.05, 3.63) is 89.4 Å². The minimum atomic E-state index is -0.127. The van der Waals surface area contributed by atoms with Crippen molar-refractivity contribution in [1.29, 1.82) is 0 Å². The molecule has 31 heavy (non-hydrogen) atoms. The Bertz CT molecular complexity index is 1040. The van der Waals surface area contributed by atoms with Gasteiger partial charge in [-0.15, -0.1) is 0 Å². The van der Waals surface area contributed by atoms with Crippen LogP contribution in [0.3, 0.4) is 0 Å². The summed E-state index contributed by atoms with van der Waals surface area (Å²) in [6.07, 6.45) is 2.46. The number of rotatable bonds is 6. The van der Waals surface area contributed by atoms with Gasteiger partial charge in [-0.1, -0.05) is 37.3 Å². The maximum absolute atomic E-state index is 13.0. The lowest BCUT2D eigenvalue weighted by molar-refractivity contribution is 0.0518. The molecule has 160 valence electrons. The highest BCUT2D eigenvalue weighted by molar-refractivity contribution is 5.95. The third-order valence-corrected chi connectivity index (χ3v) is 5.64. The van der Waals surface area contributed by atoms with Crippen molar-refractivity contribution in [1.82, 2.24) is 9.80 Å². The van der Waals surface area contributed by atoms with Gasteiger partial charge in [0.25, 0.3) is 11.8 Å². The van der Waals surface area contributed by atoms with Crippen LogP contribution in [-0.4, -0.2) is 47.8 Å². The quantitative estimate of drug-likeness (QED) is 0.657. The summed E-state index contributed by atoms with van der Waals surface area (Å²) in [5.74, 6) is 0.211. The number of hydrogen-bond donors (Lipinski definition) is 1. The highest BCUT2D eigenvalue weighted by Gasteiger charge is 2.26. The molecule has 1 aliphatic heterocycles. The molecule has 2 heterocycles. The molecule has 3 aromatic rings. The lowest BCUT2D eigenvalue weighted by Crippen LogP contribution is -2.50. The predicted octanol–water partition coefficient (Wildman–Crippen LogP) is 4.05. The predicted molar refractivity (Wildman–Crippen MR) is 120 cm³/mol. The minimum absolute atomic E-state index is 0.000839. The smallest absolute Gasteiger partial charge is 0.289 e.